The zero-order valence-electron chi connectivity index (χ0n) is 17.0. The van der Waals surface area contributed by atoms with Crippen molar-refractivity contribution in [2.45, 2.75) is 24.8 Å². The predicted molar refractivity (Wildman–Crippen MR) is 121 cm³/mol. The smallest absolute Gasteiger partial charge is 0.269 e. The third-order valence-corrected chi connectivity index (χ3v) is 7.20. The van der Waals surface area contributed by atoms with E-state index in [1.807, 2.05) is 55.5 Å². The van der Waals surface area contributed by atoms with Crippen LogP contribution in [0.2, 0.25) is 0 Å². The summed E-state index contributed by atoms with van der Waals surface area (Å²) in [6, 6.07) is 21.5. The molecule has 156 valence electrons. The minimum absolute atomic E-state index is 0.0591. The molecule has 5 rings (SSSR count). The van der Waals surface area contributed by atoms with Crippen LogP contribution in [0.5, 0.6) is 0 Å². The second-order valence-electron chi connectivity index (χ2n) is 7.85. The fourth-order valence-corrected chi connectivity index (χ4v) is 5.89. The number of carbonyl (C=O) groups excluding carboxylic acids is 2. The van der Waals surface area contributed by atoms with Crippen LogP contribution in [-0.4, -0.2) is 17.6 Å². The second-order valence-corrected chi connectivity index (χ2v) is 9.13. The highest BCUT2D eigenvalue weighted by Crippen LogP contribution is 2.54. The van der Waals surface area contributed by atoms with Gasteiger partial charge in [-0.15, -0.1) is 11.8 Å². The molecule has 0 saturated carbocycles. The Kier molecular flexibility index (Phi) is 4.82. The summed E-state index contributed by atoms with van der Waals surface area (Å²) in [5, 5.41) is 0. The van der Waals surface area contributed by atoms with E-state index in [2.05, 4.69) is 0 Å². The molecule has 3 aromatic carbocycles. The van der Waals surface area contributed by atoms with Gasteiger partial charge in [0.05, 0.1) is 12.2 Å². The summed E-state index contributed by atoms with van der Waals surface area (Å²) in [6.45, 7) is 2.29. The number of halogens is 1. The van der Waals surface area contributed by atoms with Gasteiger partial charge in [0.15, 0.2) is 0 Å². The van der Waals surface area contributed by atoms with Crippen molar-refractivity contribution < 1.29 is 14.0 Å². The maximum Gasteiger partial charge on any atom is 0.269 e. The number of para-hydroxylation sites is 1. The molecule has 6 heteroatoms. The van der Waals surface area contributed by atoms with E-state index in [0.29, 0.717) is 18.7 Å². The Bertz CT molecular complexity index is 1180. The number of thioether (sulfide) groups is 1. The Labute approximate surface area is 184 Å². The predicted octanol–water partition coefficient (Wildman–Crippen LogP) is 5.00. The molecule has 1 saturated heterocycles. The summed E-state index contributed by atoms with van der Waals surface area (Å²) in [5.41, 5.74) is 4.19. The Morgan fingerprint density at radius 3 is 2.55 bits per heavy atom. The summed E-state index contributed by atoms with van der Waals surface area (Å²) in [5.74, 6) is 0.0622. The molecular weight excluding hydrogens is 411 g/mol. The zero-order valence-corrected chi connectivity index (χ0v) is 17.9. The van der Waals surface area contributed by atoms with E-state index in [1.54, 1.807) is 21.9 Å². The SMILES string of the molecule is Cc1cccc(N2C(=O)CCS[C@]23C(=O)N(Cc2ccc(F)cc2)c2ccccc23)c1. The highest BCUT2D eigenvalue weighted by molar-refractivity contribution is 8.01. The number of fused-ring (bicyclic) bond motifs is 2. The van der Waals surface area contributed by atoms with Crippen LogP contribution >= 0.6 is 11.8 Å². The third-order valence-electron chi connectivity index (χ3n) is 5.80. The molecule has 2 aliphatic rings. The number of nitrogens with zero attached hydrogens (tertiary/aromatic N) is 2. The monoisotopic (exact) mass is 432 g/mol. The van der Waals surface area contributed by atoms with Gasteiger partial charge < -0.3 is 4.90 Å². The number of hydrogen-bond donors (Lipinski definition) is 0. The lowest BCUT2D eigenvalue weighted by atomic mass is 10.0. The van der Waals surface area contributed by atoms with E-state index < -0.39 is 4.87 Å². The average Bonchev–Trinajstić information content (AvgIpc) is 2.99. The van der Waals surface area contributed by atoms with Gasteiger partial charge in [0.25, 0.3) is 5.91 Å². The Hall–Kier alpha value is -3.12. The number of aryl methyl sites for hydroxylation is 1. The van der Waals surface area contributed by atoms with Crippen molar-refractivity contribution in [3.63, 3.8) is 0 Å². The lowest BCUT2D eigenvalue weighted by Gasteiger charge is -2.43. The largest absolute Gasteiger partial charge is 0.304 e. The molecule has 0 radical (unpaired) electrons. The van der Waals surface area contributed by atoms with E-state index in [4.69, 9.17) is 0 Å². The van der Waals surface area contributed by atoms with Crippen molar-refractivity contribution in [1.82, 2.24) is 0 Å². The van der Waals surface area contributed by atoms with E-state index in [9.17, 15) is 14.0 Å². The fourth-order valence-electron chi connectivity index (χ4n) is 4.42. The maximum absolute atomic E-state index is 14.1. The van der Waals surface area contributed by atoms with Crippen molar-refractivity contribution >= 4 is 35.0 Å². The summed E-state index contributed by atoms with van der Waals surface area (Å²) >= 11 is 1.51. The van der Waals surface area contributed by atoms with Gasteiger partial charge in [0.1, 0.15) is 5.82 Å². The van der Waals surface area contributed by atoms with Crippen LogP contribution in [0.4, 0.5) is 15.8 Å². The first kappa shape index (κ1) is 19.8. The lowest BCUT2D eigenvalue weighted by molar-refractivity contribution is -0.125. The molecular formula is C25H21FN2O2S. The Morgan fingerprint density at radius 1 is 1.00 bits per heavy atom. The number of rotatable bonds is 3. The van der Waals surface area contributed by atoms with Crippen molar-refractivity contribution in [3.8, 4) is 0 Å². The molecule has 2 heterocycles. The van der Waals surface area contributed by atoms with Crippen LogP contribution in [0.15, 0.2) is 72.8 Å². The van der Waals surface area contributed by atoms with E-state index in [1.165, 1.54) is 23.9 Å². The Morgan fingerprint density at radius 2 is 1.77 bits per heavy atom. The molecule has 2 amide bonds. The van der Waals surface area contributed by atoms with Gasteiger partial charge in [-0.2, -0.15) is 0 Å². The number of hydrogen-bond acceptors (Lipinski definition) is 3. The first-order chi connectivity index (χ1) is 15.0. The normalized spacial score (nSPS) is 20.5. The minimum atomic E-state index is -1.14. The zero-order chi connectivity index (χ0) is 21.6. The van der Waals surface area contributed by atoms with E-state index >= 15 is 0 Å². The molecule has 0 bridgehead atoms. The molecule has 0 aliphatic carbocycles. The fraction of sp³-hybridized carbons (Fsp3) is 0.200. The molecule has 1 spiro atoms. The highest BCUT2D eigenvalue weighted by atomic mass is 32.2. The summed E-state index contributed by atoms with van der Waals surface area (Å²) in [6.07, 6.45) is 0.383. The molecule has 1 atom stereocenters. The van der Waals surface area contributed by atoms with Crippen molar-refractivity contribution in [3.05, 3.63) is 95.3 Å². The van der Waals surface area contributed by atoms with E-state index in [0.717, 1.165) is 28.1 Å². The van der Waals surface area contributed by atoms with Gasteiger partial charge in [-0.05, 0) is 48.4 Å². The van der Waals surface area contributed by atoms with E-state index in [-0.39, 0.29) is 17.6 Å². The third kappa shape index (κ3) is 3.13. The van der Waals surface area contributed by atoms with Crippen LogP contribution in [-0.2, 0) is 21.0 Å². The molecule has 3 aromatic rings. The van der Waals surface area contributed by atoms with Gasteiger partial charge in [0, 0.05) is 23.4 Å². The van der Waals surface area contributed by atoms with Gasteiger partial charge in [0.2, 0.25) is 10.8 Å². The molecule has 31 heavy (non-hydrogen) atoms. The number of amides is 2. The summed E-state index contributed by atoms with van der Waals surface area (Å²) in [7, 11) is 0. The van der Waals surface area contributed by atoms with Crippen molar-refractivity contribution in [2.24, 2.45) is 0 Å². The quantitative estimate of drug-likeness (QED) is 0.585. The molecule has 0 unspecified atom stereocenters. The maximum atomic E-state index is 14.1. The number of anilines is 2. The van der Waals surface area contributed by atoms with Gasteiger partial charge in [-0.3, -0.25) is 14.5 Å². The van der Waals surface area contributed by atoms with Gasteiger partial charge in [-0.25, -0.2) is 4.39 Å². The van der Waals surface area contributed by atoms with Gasteiger partial charge >= 0.3 is 0 Å². The van der Waals surface area contributed by atoms with Crippen molar-refractivity contribution in [2.75, 3.05) is 15.6 Å². The molecule has 4 nitrogen and oxygen atoms in total. The number of benzene rings is 3. The summed E-state index contributed by atoms with van der Waals surface area (Å²) < 4.78 is 13.4. The van der Waals surface area contributed by atoms with Gasteiger partial charge in [-0.1, -0.05) is 42.5 Å². The standard InChI is InChI=1S/C25H21FN2O2S/c1-17-5-4-6-20(15-17)28-23(29)13-14-31-25(28)21-7-2-3-8-22(21)27(24(25)30)16-18-9-11-19(26)12-10-18/h2-12,15H,13-14,16H2,1H3/t25-/m1/s1. The summed E-state index contributed by atoms with van der Waals surface area (Å²) in [4.78, 5) is 29.5. The van der Waals surface area contributed by atoms with Crippen molar-refractivity contribution in [1.29, 1.82) is 0 Å². The Balaban J connectivity index is 1.65. The molecule has 0 N–H and O–H groups in total. The van der Waals surface area contributed by atoms with Crippen LogP contribution in [0.3, 0.4) is 0 Å². The van der Waals surface area contributed by atoms with Crippen LogP contribution in [0, 0.1) is 12.7 Å². The average molecular weight is 433 g/mol. The molecule has 2 aliphatic heterocycles. The second kappa shape index (κ2) is 7.54. The van der Waals surface area contributed by atoms with Crippen LogP contribution < -0.4 is 9.80 Å². The molecule has 1 fully saturated rings. The first-order valence-electron chi connectivity index (χ1n) is 10.2. The highest BCUT2D eigenvalue weighted by Gasteiger charge is 2.58. The topological polar surface area (TPSA) is 40.6 Å². The molecule has 0 aromatic heterocycles. The first-order valence-corrected chi connectivity index (χ1v) is 11.2. The number of carbonyl (C=O) groups is 2. The minimum Gasteiger partial charge on any atom is -0.304 e. The lowest BCUT2D eigenvalue weighted by Crippen LogP contribution is -2.56. The van der Waals surface area contributed by atoms with Crippen LogP contribution in [0.1, 0.15) is 23.1 Å². The van der Waals surface area contributed by atoms with Crippen LogP contribution in [0.25, 0.3) is 0 Å².